The van der Waals surface area contributed by atoms with Crippen LogP contribution in [0.1, 0.15) is 45.1 Å². The number of piperidine rings is 1. The molecule has 0 aromatic heterocycles. The highest BCUT2D eigenvalue weighted by molar-refractivity contribution is 5.81. The summed E-state index contributed by atoms with van der Waals surface area (Å²) < 4.78 is 6.57. The molecule has 1 aliphatic carbocycles. The summed E-state index contributed by atoms with van der Waals surface area (Å²) >= 11 is 0. The molecule has 0 atom stereocenters. The smallest absolute Gasteiger partial charge is 0.226 e. The second-order valence-corrected chi connectivity index (χ2v) is 7.99. The number of carbonyl (C=O) groups is 1. The van der Waals surface area contributed by atoms with Crippen LogP contribution < -0.4 is 4.74 Å². The van der Waals surface area contributed by atoms with Crippen LogP contribution in [0.25, 0.3) is 0 Å². The Balaban J connectivity index is 1.60. The maximum absolute atomic E-state index is 12.8. The maximum Gasteiger partial charge on any atom is 0.226 e. The number of amides is 1. The van der Waals surface area contributed by atoms with Crippen molar-refractivity contribution in [2.45, 2.75) is 57.7 Å². The zero-order chi connectivity index (χ0) is 16.7. The number of benzene rings is 1. The number of ether oxygens (including phenoxy) is 1. The van der Waals surface area contributed by atoms with E-state index in [9.17, 15) is 4.79 Å². The third-order valence-electron chi connectivity index (χ3n) is 5.82. The van der Waals surface area contributed by atoms with Gasteiger partial charge in [0.15, 0.2) is 0 Å². The zero-order valence-electron chi connectivity index (χ0n) is 14.8. The molecule has 4 nitrogen and oxygen atoms in total. The third-order valence-corrected chi connectivity index (χ3v) is 5.82. The Kier molecular flexibility index (Phi) is 4.03. The molecule has 0 bridgehead atoms. The lowest BCUT2D eigenvalue weighted by molar-refractivity contribution is -0.136. The molecule has 1 aromatic rings. The molecule has 24 heavy (non-hydrogen) atoms. The molecule has 0 N–H and O–H groups in total. The van der Waals surface area contributed by atoms with Crippen LogP contribution in [0.3, 0.4) is 0 Å². The first-order chi connectivity index (χ1) is 11.6. The second-order valence-electron chi connectivity index (χ2n) is 7.99. The average molecular weight is 328 g/mol. The fourth-order valence-corrected chi connectivity index (χ4v) is 4.06. The van der Waals surface area contributed by atoms with Gasteiger partial charge in [0.05, 0.1) is 6.54 Å². The predicted octanol–water partition coefficient (Wildman–Crippen LogP) is 3.06. The average Bonchev–Trinajstić information content (AvgIpc) is 3.41. The number of fused-ring (bicyclic) bond motifs is 1. The quantitative estimate of drug-likeness (QED) is 0.836. The van der Waals surface area contributed by atoms with Crippen molar-refractivity contribution < 1.29 is 9.53 Å². The highest BCUT2D eigenvalue weighted by atomic mass is 16.5. The lowest BCUT2D eigenvalue weighted by Gasteiger charge is -2.44. The van der Waals surface area contributed by atoms with E-state index in [-0.39, 0.29) is 11.5 Å². The van der Waals surface area contributed by atoms with E-state index in [1.54, 1.807) is 0 Å². The SMILES string of the molecule is CC(C)N1CCC2(CC1)CN(C(=O)C1CC1)Cc1ccccc1O2. The van der Waals surface area contributed by atoms with Crippen molar-refractivity contribution in [1.82, 2.24) is 9.80 Å². The van der Waals surface area contributed by atoms with Gasteiger partial charge in [-0.25, -0.2) is 0 Å². The first-order valence-electron chi connectivity index (χ1n) is 9.36. The number of likely N-dealkylation sites (tertiary alicyclic amines) is 1. The number of rotatable bonds is 2. The highest BCUT2D eigenvalue weighted by Gasteiger charge is 2.44. The molecule has 2 fully saturated rings. The molecule has 2 heterocycles. The van der Waals surface area contributed by atoms with E-state index < -0.39 is 0 Å². The van der Waals surface area contributed by atoms with Crippen molar-refractivity contribution >= 4 is 5.91 Å². The molecule has 2 aliphatic heterocycles. The van der Waals surface area contributed by atoms with Gasteiger partial charge in [0.25, 0.3) is 0 Å². The van der Waals surface area contributed by atoms with Gasteiger partial charge in [-0.15, -0.1) is 0 Å². The van der Waals surface area contributed by atoms with E-state index >= 15 is 0 Å². The number of nitrogens with zero attached hydrogens (tertiary/aromatic N) is 2. The molecule has 4 heteroatoms. The molecule has 1 saturated heterocycles. The van der Waals surface area contributed by atoms with E-state index in [0.717, 1.165) is 56.6 Å². The molecule has 4 rings (SSSR count). The van der Waals surface area contributed by atoms with Crippen molar-refractivity contribution in [3.8, 4) is 5.75 Å². The molecular weight excluding hydrogens is 300 g/mol. The van der Waals surface area contributed by atoms with Crippen LogP contribution >= 0.6 is 0 Å². The monoisotopic (exact) mass is 328 g/mol. The second kappa shape index (κ2) is 6.07. The van der Waals surface area contributed by atoms with Gasteiger partial charge in [-0.3, -0.25) is 4.79 Å². The maximum atomic E-state index is 12.8. The Morgan fingerprint density at radius 3 is 2.58 bits per heavy atom. The van der Waals surface area contributed by atoms with Crippen LogP contribution in [-0.4, -0.2) is 47.0 Å². The Hall–Kier alpha value is -1.55. The van der Waals surface area contributed by atoms with Crippen molar-refractivity contribution in [1.29, 1.82) is 0 Å². The molecule has 1 aromatic carbocycles. The number of carbonyl (C=O) groups excluding carboxylic acids is 1. The van der Waals surface area contributed by atoms with Gasteiger partial charge < -0.3 is 14.5 Å². The molecule has 130 valence electrons. The summed E-state index contributed by atoms with van der Waals surface area (Å²) in [7, 11) is 0. The van der Waals surface area contributed by atoms with E-state index in [1.165, 1.54) is 0 Å². The topological polar surface area (TPSA) is 32.8 Å². The zero-order valence-corrected chi connectivity index (χ0v) is 14.8. The summed E-state index contributed by atoms with van der Waals surface area (Å²) in [5, 5.41) is 0. The molecule has 1 amide bonds. The van der Waals surface area contributed by atoms with Gasteiger partial charge in [0.1, 0.15) is 11.4 Å². The fourth-order valence-electron chi connectivity index (χ4n) is 4.06. The summed E-state index contributed by atoms with van der Waals surface area (Å²) in [6, 6.07) is 8.82. The minimum Gasteiger partial charge on any atom is -0.485 e. The van der Waals surface area contributed by atoms with Gasteiger partial charge in [0.2, 0.25) is 5.91 Å². The molecule has 0 unspecified atom stereocenters. The fraction of sp³-hybridized carbons (Fsp3) is 0.650. The Morgan fingerprint density at radius 2 is 1.92 bits per heavy atom. The van der Waals surface area contributed by atoms with E-state index in [2.05, 4.69) is 35.8 Å². The summed E-state index contributed by atoms with van der Waals surface area (Å²) in [5.74, 6) is 1.57. The number of hydrogen-bond donors (Lipinski definition) is 0. The van der Waals surface area contributed by atoms with Crippen LogP contribution in [0.4, 0.5) is 0 Å². The summed E-state index contributed by atoms with van der Waals surface area (Å²) in [5.41, 5.74) is 0.928. The minimum atomic E-state index is -0.220. The number of para-hydroxylation sites is 1. The summed E-state index contributed by atoms with van der Waals surface area (Å²) in [4.78, 5) is 17.4. The van der Waals surface area contributed by atoms with Gasteiger partial charge in [0, 0.05) is 50.0 Å². The van der Waals surface area contributed by atoms with E-state index in [0.29, 0.717) is 18.5 Å². The Bertz CT molecular complexity index is 616. The van der Waals surface area contributed by atoms with Crippen LogP contribution in [0.2, 0.25) is 0 Å². The number of hydrogen-bond acceptors (Lipinski definition) is 3. The Morgan fingerprint density at radius 1 is 1.21 bits per heavy atom. The first kappa shape index (κ1) is 15.9. The van der Waals surface area contributed by atoms with Gasteiger partial charge in [-0.05, 0) is 32.8 Å². The standard InChI is InChI=1S/C20H28N2O2/c1-15(2)21-11-9-20(10-12-21)14-22(19(23)16-7-8-16)13-17-5-3-4-6-18(17)24-20/h3-6,15-16H,7-14H2,1-2H3. The van der Waals surface area contributed by atoms with E-state index in [1.807, 2.05) is 12.1 Å². The van der Waals surface area contributed by atoms with Crippen LogP contribution in [0, 0.1) is 5.92 Å². The van der Waals surface area contributed by atoms with Crippen molar-refractivity contribution in [3.05, 3.63) is 29.8 Å². The van der Waals surface area contributed by atoms with Crippen LogP contribution in [0.5, 0.6) is 5.75 Å². The van der Waals surface area contributed by atoms with Gasteiger partial charge in [-0.2, -0.15) is 0 Å². The molecule has 1 spiro atoms. The van der Waals surface area contributed by atoms with E-state index in [4.69, 9.17) is 4.74 Å². The first-order valence-corrected chi connectivity index (χ1v) is 9.36. The predicted molar refractivity (Wildman–Crippen MR) is 93.9 cm³/mol. The summed E-state index contributed by atoms with van der Waals surface area (Å²) in [6.45, 7) is 8.04. The van der Waals surface area contributed by atoms with Crippen molar-refractivity contribution in [2.24, 2.45) is 5.92 Å². The minimum absolute atomic E-state index is 0.220. The van der Waals surface area contributed by atoms with Gasteiger partial charge in [-0.1, -0.05) is 18.2 Å². The normalized spacial score (nSPS) is 23.7. The van der Waals surface area contributed by atoms with Crippen LogP contribution in [0.15, 0.2) is 24.3 Å². The lowest BCUT2D eigenvalue weighted by atomic mass is 9.89. The highest BCUT2D eigenvalue weighted by Crippen LogP contribution is 2.38. The molecule has 3 aliphatic rings. The molecular formula is C20H28N2O2. The van der Waals surface area contributed by atoms with Gasteiger partial charge >= 0.3 is 0 Å². The summed E-state index contributed by atoms with van der Waals surface area (Å²) in [6.07, 6.45) is 4.11. The third kappa shape index (κ3) is 3.04. The molecule has 1 saturated carbocycles. The largest absolute Gasteiger partial charge is 0.485 e. The van der Waals surface area contributed by atoms with Crippen molar-refractivity contribution in [3.63, 3.8) is 0 Å². The molecule has 0 radical (unpaired) electrons. The van der Waals surface area contributed by atoms with Crippen LogP contribution in [-0.2, 0) is 11.3 Å². The lowest BCUT2D eigenvalue weighted by Crippen LogP contribution is -2.55. The van der Waals surface area contributed by atoms with Crippen molar-refractivity contribution in [2.75, 3.05) is 19.6 Å². The Labute approximate surface area is 144 Å².